The van der Waals surface area contributed by atoms with Gasteiger partial charge >= 0.3 is 12.2 Å². The first kappa shape index (κ1) is 16.4. The van der Waals surface area contributed by atoms with Crippen LogP contribution in [0.4, 0.5) is 29.3 Å². The molecule has 0 spiro atoms. The molecule has 3 rings (SSSR count). The molecule has 3 N–H and O–H groups in total. The van der Waals surface area contributed by atoms with E-state index in [9.17, 15) is 18.0 Å². The van der Waals surface area contributed by atoms with Crippen molar-refractivity contribution in [1.82, 2.24) is 4.98 Å². The lowest BCUT2D eigenvalue weighted by molar-refractivity contribution is -0.137. The smallest absolute Gasteiger partial charge is 0.359 e. The Bertz CT molecular complexity index is 888. The van der Waals surface area contributed by atoms with E-state index in [-0.39, 0.29) is 5.69 Å². The number of hydrogen-bond donors (Lipinski definition) is 3. The van der Waals surface area contributed by atoms with Gasteiger partial charge in [-0.25, -0.2) is 4.79 Å². The van der Waals surface area contributed by atoms with Crippen molar-refractivity contribution in [2.24, 2.45) is 0 Å². The highest BCUT2D eigenvalue weighted by atomic mass is 79.9. The first-order chi connectivity index (χ1) is 11.3. The Labute approximate surface area is 143 Å². The second-order valence-corrected chi connectivity index (χ2v) is 5.96. The molecule has 24 heavy (non-hydrogen) atoms. The van der Waals surface area contributed by atoms with Crippen molar-refractivity contribution in [2.75, 3.05) is 10.6 Å². The Morgan fingerprint density at radius 2 is 1.75 bits per heavy atom. The fourth-order valence-electron chi connectivity index (χ4n) is 2.22. The van der Waals surface area contributed by atoms with Crippen LogP contribution in [0.5, 0.6) is 0 Å². The predicted octanol–water partition coefficient (Wildman–Crippen LogP) is 5.59. The van der Waals surface area contributed by atoms with Crippen LogP contribution in [0.25, 0.3) is 10.9 Å². The average Bonchev–Trinajstić information content (AvgIpc) is 2.89. The summed E-state index contributed by atoms with van der Waals surface area (Å²) in [5.74, 6) is 0. The number of nitrogens with one attached hydrogen (secondary N) is 3. The van der Waals surface area contributed by atoms with E-state index in [2.05, 4.69) is 31.5 Å². The molecule has 0 unspecified atom stereocenters. The Morgan fingerprint density at radius 1 is 1.04 bits per heavy atom. The monoisotopic (exact) mass is 397 g/mol. The summed E-state index contributed by atoms with van der Waals surface area (Å²) < 4.78 is 38.4. The molecule has 0 radical (unpaired) electrons. The summed E-state index contributed by atoms with van der Waals surface area (Å²) in [6, 6.07) is 9.26. The third-order valence-corrected chi connectivity index (χ3v) is 3.86. The number of benzene rings is 2. The standard InChI is InChI=1S/C16H11BrF3N3O/c17-10-3-6-13-12(7-10)14(8-21-13)23-15(24)22-11-4-1-9(2-5-11)16(18,19)20/h1-8,21H,(H2,22,23,24). The minimum atomic E-state index is -4.40. The van der Waals surface area contributed by atoms with E-state index in [1.807, 2.05) is 18.2 Å². The van der Waals surface area contributed by atoms with Gasteiger partial charge in [0.05, 0.1) is 11.3 Å². The van der Waals surface area contributed by atoms with Crippen LogP contribution in [0.1, 0.15) is 5.56 Å². The fourth-order valence-corrected chi connectivity index (χ4v) is 2.58. The zero-order valence-corrected chi connectivity index (χ0v) is 13.6. The summed E-state index contributed by atoms with van der Waals surface area (Å²) in [5, 5.41) is 5.97. The first-order valence-electron chi connectivity index (χ1n) is 6.85. The van der Waals surface area contributed by atoms with Crippen molar-refractivity contribution in [1.29, 1.82) is 0 Å². The highest BCUT2D eigenvalue weighted by Gasteiger charge is 2.29. The van der Waals surface area contributed by atoms with Crippen LogP contribution in [0.15, 0.2) is 53.1 Å². The largest absolute Gasteiger partial charge is 0.416 e. The van der Waals surface area contributed by atoms with Gasteiger partial charge in [-0.15, -0.1) is 0 Å². The maximum absolute atomic E-state index is 12.5. The van der Waals surface area contributed by atoms with E-state index >= 15 is 0 Å². The topological polar surface area (TPSA) is 56.9 Å². The summed E-state index contributed by atoms with van der Waals surface area (Å²) in [5.41, 5.74) is 0.912. The maximum atomic E-state index is 12.5. The van der Waals surface area contributed by atoms with Crippen LogP contribution < -0.4 is 10.6 Å². The minimum absolute atomic E-state index is 0.265. The van der Waals surface area contributed by atoms with Gasteiger partial charge in [0, 0.05) is 27.3 Å². The molecule has 2 amide bonds. The van der Waals surface area contributed by atoms with Crippen molar-refractivity contribution in [3.63, 3.8) is 0 Å². The molecule has 0 fully saturated rings. The zero-order chi connectivity index (χ0) is 17.3. The zero-order valence-electron chi connectivity index (χ0n) is 12.0. The summed E-state index contributed by atoms with van der Waals surface area (Å²) in [6.07, 6.45) is -2.76. The van der Waals surface area contributed by atoms with Crippen molar-refractivity contribution in [3.8, 4) is 0 Å². The molecule has 0 saturated heterocycles. The van der Waals surface area contributed by atoms with E-state index in [1.165, 1.54) is 12.1 Å². The Hall–Kier alpha value is -2.48. The van der Waals surface area contributed by atoms with Gasteiger partial charge in [0.2, 0.25) is 0 Å². The molecule has 124 valence electrons. The molecule has 3 aromatic rings. The summed E-state index contributed by atoms with van der Waals surface area (Å²) >= 11 is 3.36. The number of carbonyl (C=O) groups is 1. The van der Waals surface area contributed by atoms with E-state index < -0.39 is 17.8 Å². The predicted molar refractivity (Wildman–Crippen MR) is 90.1 cm³/mol. The number of urea groups is 1. The molecular weight excluding hydrogens is 387 g/mol. The Kier molecular flexibility index (Phi) is 4.23. The number of amides is 2. The highest BCUT2D eigenvalue weighted by Crippen LogP contribution is 2.30. The second-order valence-electron chi connectivity index (χ2n) is 5.05. The molecule has 0 bridgehead atoms. The van der Waals surface area contributed by atoms with Gasteiger partial charge < -0.3 is 15.6 Å². The van der Waals surface area contributed by atoms with E-state index in [4.69, 9.17) is 0 Å². The fraction of sp³-hybridized carbons (Fsp3) is 0.0625. The summed E-state index contributed by atoms with van der Waals surface area (Å²) in [7, 11) is 0. The second kappa shape index (κ2) is 6.20. The number of aromatic amines is 1. The van der Waals surface area contributed by atoms with Crippen LogP contribution in [-0.4, -0.2) is 11.0 Å². The lowest BCUT2D eigenvalue weighted by Crippen LogP contribution is -2.19. The van der Waals surface area contributed by atoms with Gasteiger partial charge in [-0.1, -0.05) is 15.9 Å². The van der Waals surface area contributed by atoms with Crippen molar-refractivity contribution >= 4 is 44.2 Å². The van der Waals surface area contributed by atoms with Crippen LogP contribution >= 0.6 is 15.9 Å². The third-order valence-electron chi connectivity index (χ3n) is 3.36. The van der Waals surface area contributed by atoms with Crippen LogP contribution in [-0.2, 0) is 6.18 Å². The van der Waals surface area contributed by atoms with Crippen LogP contribution in [0.3, 0.4) is 0 Å². The van der Waals surface area contributed by atoms with Gasteiger partial charge in [0.15, 0.2) is 0 Å². The lowest BCUT2D eigenvalue weighted by Gasteiger charge is -2.09. The SMILES string of the molecule is O=C(Nc1ccc(C(F)(F)F)cc1)Nc1c[nH]c2ccc(Br)cc12. The van der Waals surface area contributed by atoms with Crippen molar-refractivity contribution < 1.29 is 18.0 Å². The van der Waals surface area contributed by atoms with E-state index in [0.717, 1.165) is 27.5 Å². The Morgan fingerprint density at radius 3 is 2.42 bits per heavy atom. The number of alkyl halides is 3. The summed E-state index contributed by atoms with van der Waals surface area (Å²) in [6.45, 7) is 0. The molecule has 1 heterocycles. The maximum Gasteiger partial charge on any atom is 0.416 e. The van der Waals surface area contributed by atoms with Crippen molar-refractivity contribution in [3.05, 3.63) is 58.7 Å². The number of carbonyl (C=O) groups excluding carboxylic acids is 1. The van der Waals surface area contributed by atoms with Gasteiger partial charge in [0.25, 0.3) is 0 Å². The lowest BCUT2D eigenvalue weighted by atomic mass is 10.2. The molecule has 0 aliphatic rings. The van der Waals surface area contributed by atoms with Gasteiger partial charge in [0.1, 0.15) is 0 Å². The molecule has 2 aromatic carbocycles. The van der Waals surface area contributed by atoms with Crippen LogP contribution in [0, 0.1) is 0 Å². The number of H-pyrrole nitrogens is 1. The number of fused-ring (bicyclic) bond motifs is 1. The third kappa shape index (κ3) is 3.53. The summed E-state index contributed by atoms with van der Waals surface area (Å²) in [4.78, 5) is 15.0. The van der Waals surface area contributed by atoms with Crippen molar-refractivity contribution in [2.45, 2.75) is 6.18 Å². The van der Waals surface area contributed by atoms with Gasteiger partial charge in [-0.2, -0.15) is 13.2 Å². The number of rotatable bonds is 2. The van der Waals surface area contributed by atoms with Gasteiger partial charge in [-0.05, 0) is 42.5 Å². The molecule has 0 aliphatic carbocycles. The van der Waals surface area contributed by atoms with Crippen LogP contribution in [0.2, 0.25) is 0 Å². The Balaban J connectivity index is 1.72. The van der Waals surface area contributed by atoms with E-state index in [0.29, 0.717) is 5.69 Å². The van der Waals surface area contributed by atoms with Gasteiger partial charge in [-0.3, -0.25) is 0 Å². The molecule has 1 aromatic heterocycles. The number of anilines is 2. The quantitative estimate of drug-likeness (QED) is 0.518. The number of aromatic nitrogens is 1. The van der Waals surface area contributed by atoms with E-state index in [1.54, 1.807) is 6.20 Å². The molecule has 0 saturated carbocycles. The number of hydrogen-bond acceptors (Lipinski definition) is 1. The molecular formula is C16H11BrF3N3O. The molecule has 4 nitrogen and oxygen atoms in total. The highest BCUT2D eigenvalue weighted by molar-refractivity contribution is 9.10. The molecule has 0 atom stereocenters. The molecule has 8 heteroatoms. The molecule has 0 aliphatic heterocycles. The average molecular weight is 398 g/mol. The number of halogens is 4. The first-order valence-corrected chi connectivity index (χ1v) is 7.64. The normalized spacial score (nSPS) is 11.5. The minimum Gasteiger partial charge on any atom is -0.359 e.